The second-order valence-electron chi connectivity index (χ2n) is 8.92. The third-order valence-corrected chi connectivity index (χ3v) is 6.34. The van der Waals surface area contributed by atoms with Crippen molar-refractivity contribution in [1.29, 1.82) is 0 Å². The maximum absolute atomic E-state index is 5.44. The van der Waals surface area contributed by atoms with E-state index in [2.05, 4.69) is 71.8 Å². The van der Waals surface area contributed by atoms with Crippen LogP contribution in [0.5, 0.6) is 0 Å². The Morgan fingerprint density at radius 1 is 1.20 bits per heavy atom. The van der Waals surface area contributed by atoms with E-state index >= 15 is 0 Å². The van der Waals surface area contributed by atoms with Crippen LogP contribution in [-0.2, 0) is 13.1 Å². The van der Waals surface area contributed by atoms with Crippen LogP contribution in [0.3, 0.4) is 0 Å². The Labute approximate surface area is 180 Å². The Hall–Kier alpha value is -2.34. The van der Waals surface area contributed by atoms with Crippen LogP contribution >= 0.6 is 0 Å². The number of nitrogens with zero attached hydrogens (tertiary/aromatic N) is 3. The van der Waals surface area contributed by atoms with Gasteiger partial charge in [-0.2, -0.15) is 0 Å². The first kappa shape index (κ1) is 20.9. The molecule has 2 saturated heterocycles. The number of aliphatic imine (C=N–C) groups is 1. The fourth-order valence-corrected chi connectivity index (χ4v) is 4.79. The topological polar surface area (TPSA) is 65.7 Å². The highest BCUT2D eigenvalue weighted by Crippen LogP contribution is 2.36. The summed E-state index contributed by atoms with van der Waals surface area (Å²) in [6.07, 6.45) is 4.96. The maximum atomic E-state index is 5.44. The van der Waals surface area contributed by atoms with Crippen molar-refractivity contribution in [2.24, 2.45) is 4.99 Å². The first-order valence-electron chi connectivity index (χ1n) is 11.4. The van der Waals surface area contributed by atoms with Gasteiger partial charge in [-0.15, -0.1) is 0 Å². The van der Waals surface area contributed by atoms with Gasteiger partial charge in [-0.1, -0.05) is 49.3 Å². The van der Waals surface area contributed by atoms with Crippen LogP contribution < -0.4 is 10.6 Å². The molecule has 2 fully saturated rings. The average molecular weight is 410 g/mol. The Morgan fingerprint density at radius 3 is 2.57 bits per heavy atom. The molecular formula is C24H35N5O. The number of nitrogens with one attached hydrogen (secondary N) is 2. The lowest BCUT2D eigenvalue weighted by Gasteiger charge is -2.39. The molecule has 6 heteroatoms. The van der Waals surface area contributed by atoms with Crippen LogP contribution in [0, 0.1) is 0 Å². The zero-order valence-corrected chi connectivity index (χ0v) is 18.5. The van der Waals surface area contributed by atoms with Crippen molar-refractivity contribution in [3.05, 3.63) is 53.4 Å². The van der Waals surface area contributed by atoms with Crippen LogP contribution in [0.2, 0.25) is 0 Å². The van der Waals surface area contributed by atoms with Crippen molar-refractivity contribution >= 4 is 5.96 Å². The summed E-state index contributed by atoms with van der Waals surface area (Å²) in [7, 11) is 0. The summed E-state index contributed by atoms with van der Waals surface area (Å²) in [4.78, 5) is 7.48. The number of rotatable bonds is 7. The first-order valence-corrected chi connectivity index (χ1v) is 11.4. The molecule has 2 unspecified atom stereocenters. The predicted octanol–water partition coefficient (Wildman–Crippen LogP) is 4.05. The molecule has 0 spiro atoms. The van der Waals surface area contributed by atoms with Gasteiger partial charge in [0.1, 0.15) is 6.54 Å². The van der Waals surface area contributed by atoms with Gasteiger partial charge in [0.05, 0.1) is 5.69 Å². The summed E-state index contributed by atoms with van der Waals surface area (Å²) in [5, 5.41) is 11.2. The lowest BCUT2D eigenvalue weighted by Crippen LogP contribution is -2.52. The first-order chi connectivity index (χ1) is 14.6. The van der Waals surface area contributed by atoms with E-state index in [1.54, 1.807) is 0 Å². The fraction of sp³-hybridized carbons (Fsp3) is 0.583. The quantitative estimate of drug-likeness (QED) is 0.533. The average Bonchev–Trinajstić information content (AvgIpc) is 3.30. The zero-order valence-electron chi connectivity index (χ0n) is 18.5. The van der Waals surface area contributed by atoms with Crippen LogP contribution in [0.15, 0.2) is 45.9 Å². The van der Waals surface area contributed by atoms with Crippen molar-refractivity contribution in [2.75, 3.05) is 6.54 Å². The molecule has 1 aromatic heterocycles. The van der Waals surface area contributed by atoms with Crippen LogP contribution in [0.1, 0.15) is 69.4 Å². The summed E-state index contributed by atoms with van der Waals surface area (Å²) >= 11 is 0. The molecule has 30 heavy (non-hydrogen) atoms. The number of hydrogen-bond donors (Lipinski definition) is 2. The van der Waals surface area contributed by atoms with E-state index in [0.717, 1.165) is 30.5 Å². The normalized spacial score (nSPS) is 24.4. The van der Waals surface area contributed by atoms with E-state index in [9.17, 15) is 0 Å². The molecule has 0 amide bonds. The third-order valence-electron chi connectivity index (χ3n) is 6.34. The number of benzene rings is 1. The molecule has 2 aliphatic heterocycles. The molecule has 2 aromatic rings. The number of piperidine rings is 1. The summed E-state index contributed by atoms with van der Waals surface area (Å²) in [5.74, 6) is 2.06. The molecule has 2 aliphatic rings. The van der Waals surface area contributed by atoms with E-state index < -0.39 is 0 Å². The zero-order chi connectivity index (χ0) is 20.9. The molecule has 2 atom stereocenters. The monoisotopic (exact) mass is 409 g/mol. The SMILES string of the molecule is CCNC(=NCc1cc(C(C)C)no1)NC1CC2CCC(C1)N2Cc1ccccc1. The summed E-state index contributed by atoms with van der Waals surface area (Å²) in [5.41, 5.74) is 2.41. The molecule has 1 aromatic carbocycles. The van der Waals surface area contributed by atoms with Crippen LogP contribution in [0.4, 0.5) is 0 Å². The van der Waals surface area contributed by atoms with Gasteiger partial charge in [0, 0.05) is 37.3 Å². The molecule has 0 radical (unpaired) electrons. The summed E-state index contributed by atoms with van der Waals surface area (Å²) < 4.78 is 5.44. The van der Waals surface area contributed by atoms with Gasteiger partial charge >= 0.3 is 0 Å². The van der Waals surface area contributed by atoms with E-state index in [1.165, 1.54) is 31.2 Å². The van der Waals surface area contributed by atoms with Gasteiger partial charge in [0.15, 0.2) is 11.7 Å². The number of aromatic nitrogens is 1. The molecule has 162 valence electrons. The molecule has 3 heterocycles. The lowest BCUT2D eigenvalue weighted by atomic mass is 9.96. The Morgan fingerprint density at radius 2 is 1.93 bits per heavy atom. The summed E-state index contributed by atoms with van der Waals surface area (Å²) in [6, 6.07) is 14.7. The highest BCUT2D eigenvalue weighted by atomic mass is 16.5. The van der Waals surface area contributed by atoms with Crippen LogP contribution in [0.25, 0.3) is 0 Å². The minimum Gasteiger partial charge on any atom is -0.359 e. The second-order valence-corrected chi connectivity index (χ2v) is 8.92. The Kier molecular flexibility index (Phi) is 6.72. The largest absolute Gasteiger partial charge is 0.359 e. The van der Waals surface area contributed by atoms with E-state index in [1.807, 2.05) is 6.07 Å². The van der Waals surface area contributed by atoms with Crippen molar-refractivity contribution in [3.63, 3.8) is 0 Å². The van der Waals surface area contributed by atoms with E-state index in [0.29, 0.717) is 30.6 Å². The third kappa shape index (κ3) is 5.04. The molecule has 0 aliphatic carbocycles. The Bertz CT molecular complexity index is 817. The predicted molar refractivity (Wildman–Crippen MR) is 120 cm³/mol. The van der Waals surface area contributed by atoms with Gasteiger partial charge in [-0.05, 0) is 44.1 Å². The molecular weight excluding hydrogens is 374 g/mol. The lowest BCUT2D eigenvalue weighted by molar-refractivity contribution is 0.114. The van der Waals surface area contributed by atoms with Crippen LogP contribution in [-0.4, -0.2) is 40.7 Å². The van der Waals surface area contributed by atoms with Crippen molar-refractivity contribution in [1.82, 2.24) is 20.7 Å². The van der Waals surface area contributed by atoms with Gasteiger partial charge in [-0.3, -0.25) is 4.90 Å². The van der Waals surface area contributed by atoms with Crippen molar-refractivity contribution in [3.8, 4) is 0 Å². The van der Waals surface area contributed by atoms with E-state index in [-0.39, 0.29) is 0 Å². The smallest absolute Gasteiger partial charge is 0.191 e. The Balaban J connectivity index is 1.35. The molecule has 4 rings (SSSR count). The molecule has 2 N–H and O–H groups in total. The van der Waals surface area contributed by atoms with E-state index in [4.69, 9.17) is 9.52 Å². The minimum atomic E-state index is 0.370. The van der Waals surface area contributed by atoms with Gasteiger partial charge in [-0.25, -0.2) is 4.99 Å². The number of hydrogen-bond acceptors (Lipinski definition) is 4. The highest BCUT2D eigenvalue weighted by molar-refractivity contribution is 5.80. The molecule has 2 bridgehead atoms. The molecule has 6 nitrogen and oxygen atoms in total. The van der Waals surface area contributed by atoms with Crippen molar-refractivity contribution < 1.29 is 4.52 Å². The number of fused-ring (bicyclic) bond motifs is 2. The maximum Gasteiger partial charge on any atom is 0.191 e. The minimum absolute atomic E-state index is 0.370. The van der Waals surface area contributed by atoms with Gasteiger partial charge in [0.25, 0.3) is 0 Å². The standard InChI is InChI=1S/C24H35N5O/c1-4-25-24(26-15-22-14-23(17(2)3)28-30-22)27-19-12-20-10-11-21(13-19)29(20)16-18-8-6-5-7-9-18/h5-9,14,17,19-21H,4,10-13,15-16H2,1-3H3,(H2,25,26,27). The van der Waals surface area contributed by atoms with Gasteiger partial charge < -0.3 is 15.2 Å². The van der Waals surface area contributed by atoms with Crippen molar-refractivity contribution in [2.45, 2.75) is 83.6 Å². The molecule has 0 saturated carbocycles. The highest BCUT2D eigenvalue weighted by Gasteiger charge is 2.40. The second kappa shape index (κ2) is 9.65. The summed E-state index contributed by atoms with van der Waals surface area (Å²) in [6.45, 7) is 8.77. The van der Waals surface area contributed by atoms with Gasteiger partial charge in [0.2, 0.25) is 0 Å². The number of guanidine groups is 1. The fourth-order valence-electron chi connectivity index (χ4n) is 4.79.